The molecule has 3 N–H and O–H groups in total. The van der Waals surface area contributed by atoms with Crippen molar-refractivity contribution in [2.24, 2.45) is 0 Å². The Kier molecular flexibility index (Phi) is 5.44. The fourth-order valence-electron chi connectivity index (χ4n) is 2.03. The number of aliphatic hydroxyl groups is 1. The topological polar surface area (TPSA) is 55.5 Å². The molecule has 0 amide bonds. The minimum Gasteiger partial charge on any atom is -0.494 e. The largest absolute Gasteiger partial charge is 0.494 e. The van der Waals surface area contributed by atoms with Gasteiger partial charge in [-0.15, -0.1) is 0 Å². The van der Waals surface area contributed by atoms with Gasteiger partial charge in [-0.2, -0.15) is 0 Å². The molecule has 0 saturated carbocycles. The van der Waals surface area contributed by atoms with E-state index in [4.69, 9.17) is 15.6 Å². The van der Waals surface area contributed by atoms with Crippen LogP contribution in [0.3, 0.4) is 0 Å². The van der Waals surface area contributed by atoms with E-state index in [-0.39, 0.29) is 6.61 Å². The fourth-order valence-corrected chi connectivity index (χ4v) is 2.03. The van der Waals surface area contributed by atoms with Crippen LogP contribution in [0.2, 0.25) is 0 Å². The van der Waals surface area contributed by atoms with Gasteiger partial charge < -0.3 is 15.6 Å². The summed E-state index contributed by atoms with van der Waals surface area (Å²) in [5.41, 5.74) is 8.86. The number of anilines is 1. The number of hydrogen-bond donors (Lipinski definition) is 2. The first-order valence-corrected chi connectivity index (χ1v) is 6.95. The summed E-state index contributed by atoms with van der Waals surface area (Å²) < 4.78 is 5.70. The van der Waals surface area contributed by atoms with Crippen LogP contribution in [0, 0.1) is 0 Å². The molecule has 0 radical (unpaired) electrons. The number of nitrogen functional groups attached to an aromatic ring is 1. The molecule has 0 saturated heterocycles. The zero-order valence-electron chi connectivity index (χ0n) is 11.6. The van der Waals surface area contributed by atoms with Gasteiger partial charge in [0, 0.05) is 12.3 Å². The van der Waals surface area contributed by atoms with Gasteiger partial charge in [0.1, 0.15) is 5.75 Å². The summed E-state index contributed by atoms with van der Waals surface area (Å²) in [5, 5.41) is 8.85. The van der Waals surface area contributed by atoms with Crippen molar-refractivity contribution in [1.29, 1.82) is 0 Å². The van der Waals surface area contributed by atoms with E-state index in [0.29, 0.717) is 13.0 Å². The van der Waals surface area contributed by atoms with E-state index in [1.807, 2.05) is 36.4 Å². The molecule has 2 rings (SSSR count). The summed E-state index contributed by atoms with van der Waals surface area (Å²) in [6.45, 7) is 0.880. The molecule has 3 nitrogen and oxygen atoms in total. The van der Waals surface area contributed by atoms with Gasteiger partial charge in [-0.05, 0) is 54.7 Å². The van der Waals surface area contributed by atoms with Crippen LogP contribution in [0.25, 0.3) is 0 Å². The lowest BCUT2D eigenvalue weighted by Gasteiger charge is -2.07. The second kappa shape index (κ2) is 7.56. The summed E-state index contributed by atoms with van der Waals surface area (Å²) >= 11 is 0. The van der Waals surface area contributed by atoms with Crippen molar-refractivity contribution in [3.05, 3.63) is 59.7 Å². The smallest absolute Gasteiger partial charge is 0.119 e. The second-order valence-corrected chi connectivity index (χ2v) is 4.81. The molecule has 0 heterocycles. The first kappa shape index (κ1) is 14.4. The Bertz CT molecular complexity index is 506. The summed E-state index contributed by atoms with van der Waals surface area (Å²) in [4.78, 5) is 0. The van der Waals surface area contributed by atoms with Crippen LogP contribution in [0.4, 0.5) is 5.69 Å². The van der Waals surface area contributed by atoms with Gasteiger partial charge in [0.25, 0.3) is 0 Å². The van der Waals surface area contributed by atoms with E-state index in [9.17, 15) is 0 Å². The summed E-state index contributed by atoms with van der Waals surface area (Å²) in [7, 11) is 0. The Hall–Kier alpha value is -2.00. The molecule has 106 valence electrons. The third kappa shape index (κ3) is 4.59. The molecule has 0 bridgehead atoms. The highest BCUT2D eigenvalue weighted by Gasteiger charge is 1.97. The zero-order chi connectivity index (χ0) is 14.2. The predicted octanol–water partition coefficient (Wildman–Crippen LogP) is 2.82. The minimum atomic E-state index is 0.182. The van der Waals surface area contributed by atoms with Crippen molar-refractivity contribution in [2.75, 3.05) is 18.9 Å². The van der Waals surface area contributed by atoms with E-state index < -0.39 is 0 Å². The molecular weight excluding hydrogens is 250 g/mol. The molecule has 0 fully saturated rings. The lowest BCUT2D eigenvalue weighted by Crippen LogP contribution is -2.00. The number of hydrogen-bond acceptors (Lipinski definition) is 3. The van der Waals surface area contributed by atoms with E-state index in [2.05, 4.69) is 12.1 Å². The van der Waals surface area contributed by atoms with Crippen molar-refractivity contribution in [3.63, 3.8) is 0 Å². The molecule has 0 aliphatic heterocycles. The molecular formula is C17H21NO2. The molecule has 0 atom stereocenters. The lowest BCUT2D eigenvalue weighted by atomic mass is 10.1. The van der Waals surface area contributed by atoms with Crippen molar-refractivity contribution in [1.82, 2.24) is 0 Å². The maximum absolute atomic E-state index is 8.85. The monoisotopic (exact) mass is 271 g/mol. The number of ether oxygens (including phenoxy) is 1. The predicted molar refractivity (Wildman–Crippen MR) is 81.9 cm³/mol. The van der Waals surface area contributed by atoms with Gasteiger partial charge in [0.05, 0.1) is 6.61 Å². The van der Waals surface area contributed by atoms with Crippen molar-refractivity contribution >= 4 is 5.69 Å². The molecule has 0 aromatic heterocycles. The third-order valence-corrected chi connectivity index (χ3v) is 3.18. The molecule has 0 spiro atoms. The van der Waals surface area contributed by atoms with Gasteiger partial charge >= 0.3 is 0 Å². The molecule has 2 aromatic rings. The van der Waals surface area contributed by atoms with Crippen LogP contribution in [0.5, 0.6) is 5.75 Å². The van der Waals surface area contributed by atoms with Crippen LogP contribution in [0.1, 0.15) is 17.5 Å². The van der Waals surface area contributed by atoms with Gasteiger partial charge in [-0.1, -0.05) is 24.3 Å². The van der Waals surface area contributed by atoms with Gasteiger partial charge in [0.15, 0.2) is 0 Å². The lowest BCUT2D eigenvalue weighted by molar-refractivity contribution is 0.299. The van der Waals surface area contributed by atoms with Crippen molar-refractivity contribution < 1.29 is 9.84 Å². The number of aryl methyl sites for hydroxylation is 1. The first-order valence-electron chi connectivity index (χ1n) is 6.95. The van der Waals surface area contributed by atoms with Gasteiger partial charge in [0.2, 0.25) is 0 Å². The fraction of sp³-hybridized carbons (Fsp3) is 0.294. The molecule has 0 aliphatic rings. The number of benzene rings is 2. The second-order valence-electron chi connectivity index (χ2n) is 4.81. The van der Waals surface area contributed by atoms with E-state index in [0.717, 1.165) is 29.8 Å². The normalized spacial score (nSPS) is 10.4. The minimum absolute atomic E-state index is 0.182. The summed E-state index contributed by atoms with van der Waals surface area (Å²) in [5.74, 6) is 0.879. The summed E-state index contributed by atoms with van der Waals surface area (Å²) in [6, 6.07) is 15.9. The zero-order valence-corrected chi connectivity index (χ0v) is 11.6. The Labute approximate surface area is 120 Å². The maximum atomic E-state index is 8.85. The summed E-state index contributed by atoms with van der Waals surface area (Å²) in [6.07, 6.45) is 2.66. The maximum Gasteiger partial charge on any atom is 0.119 e. The average Bonchev–Trinajstić information content (AvgIpc) is 2.47. The molecule has 20 heavy (non-hydrogen) atoms. The van der Waals surface area contributed by atoms with E-state index in [1.165, 1.54) is 5.56 Å². The van der Waals surface area contributed by atoms with Crippen LogP contribution in [0.15, 0.2) is 48.5 Å². The Morgan fingerprint density at radius 1 is 0.850 bits per heavy atom. The van der Waals surface area contributed by atoms with E-state index in [1.54, 1.807) is 0 Å². The number of rotatable bonds is 7. The van der Waals surface area contributed by atoms with E-state index >= 15 is 0 Å². The Morgan fingerprint density at radius 2 is 1.45 bits per heavy atom. The van der Waals surface area contributed by atoms with Gasteiger partial charge in [-0.3, -0.25) is 0 Å². The number of aliphatic hydroxyl groups excluding tert-OH is 1. The van der Waals surface area contributed by atoms with Crippen LogP contribution < -0.4 is 10.5 Å². The van der Waals surface area contributed by atoms with Crippen LogP contribution >= 0.6 is 0 Å². The van der Waals surface area contributed by atoms with Crippen LogP contribution in [-0.2, 0) is 12.8 Å². The molecule has 0 aliphatic carbocycles. The standard InChI is InChI=1S/C17H21NO2/c18-16-7-3-14(4-8-16)2-1-13-20-17-9-5-15(6-10-17)11-12-19/h3-10,19H,1-2,11-13,18H2. The average molecular weight is 271 g/mol. The molecule has 2 aromatic carbocycles. The Balaban J connectivity index is 1.71. The SMILES string of the molecule is Nc1ccc(CCCOc2ccc(CCO)cc2)cc1. The van der Waals surface area contributed by atoms with Crippen molar-refractivity contribution in [3.8, 4) is 5.75 Å². The van der Waals surface area contributed by atoms with Crippen molar-refractivity contribution in [2.45, 2.75) is 19.3 Å². The molecule has 0 unspecified atom stereocenters. The highest BCUT2D eigenvalue weighted by Crippen LogP contribution is 2.13. The quantitative estimate of drug-likeness (QED) is 0.601. The number of nitrogens with two attached hydrogens (primary N) is 1. The Morgan fingerprint density at radius 3 is 2.10 bits per heavy atom. The molecule has 3 heteroatoms. The highest BCUT2D eigenvalue weighted by molar-refractivity contribution is 5.39. The third-order valence-electron chi connectivity index (χ3n) is 3.18. The first-order chi connectivity index (χ1) is 9.78. The van der Waals surface area contributed by atoms with Gasteiger partial charge in [-0.25, -0.2) is 0 Å². The highest BCUT2D eigenvalue weighted by atomic mass is 16.5. The van der Waals surface area contributed by atoms with Crippen LogP contribution in [-0.4, -0.2) is 18.3 Å².